The number of hydrogen-bond acceptors (Lipinski definition) is 6. The van der Waals surface area contributed by atoms with Gasteiger partial charge in [0, 0.05) is 18.7 Å². The molecule has 0 unspecified atom stereocenters. The van der Waals surface area contributed by atoms with Gasteiger partial charge in [-0.25, -0.2) is 0 Å². The second-order valence-corrected chi connectivity index (χ2v) is 7.23. The lowest BCUT2D eigenvalue weighted by atomic mass is 10.1. The van der Waals surface area contributed by atoms with Crippen LogP contribution in [0.15, 0.2) is 46.2 Å². The quantitative estimate of drug-likeness (QED) is 0.448. The van der Waals surface area contributed by atoms with Crippen LogP contribution in [-0.2, 0) is 11.3 Å². The Morgan fingerprint density at radius 3 is 2.70 bits per heavy atom. The molecule has 7 nitrogen and oxygen atoms in total. The summed E-state index contributed by atoms with van der Waals surface area (Å²) in [5, 5.41) is 9.13. The highest BCUT2D eigenvalue weighted by atomic mass is 32.2. The van der Waals surface area contributed by atoms with E-state index in [4.69, 9.17) is 14.9 Å². The summed E-state index contributed by atoms with van der Waals surface area (Å²) >= 11 is 1.52. The van der Waals surface area contributed by atoms with Crippen LogP contribution in [0.25, 0.3) is 11.6 Å². The Bertz CT molecular complexity index is 886. The molecule has 0 aliphatic carbocycles. The summed E-state index contributed by atoms with van der Waals surface area (Å²) in [5.41, 5.74) is 7.64. The summed E-state index contributed by atoms with van der Waals surface area (Å²) in [6, 6.07) is 9.73. The molecular weight excluding hydrogens is 364 g/mol. The van der Waals surface area contributed by atoms with Crippen molar-refractivity contribution in [3.63, 3.8) is 0 Å². The van der Waals surface area contributed by atoms with Crippen molar-refractivity contribution in [1.82, 2.24) is 14.8 Å². The molecule has 0 atom stereocenters. The molecule has 8 heteroatoms. The van der Waals surface area contributed by atoms with Crippen LogP contribution in [0.3, 0.4) is 0 Å². The van der Waals surface area contributed by atoms with E-state index >= 15 is 0 Å². The first-order chi connectivity index (χ1) is 13.0. The lowest BCUT2D eigenvalue weighted by Gasteiger charge is -2.09. The number of primary amides is 1. The minimum atomic E-state index is -0.372. The molecule has 0 bridgehead atoms. The Labute approximate surface area is 161 Å². The summed E-state index contributed by atoms with van der Waals surface area (Å²) < 4.78 is 13.1. The molecule has 1 amide bonds. The first kappa shape index (κ1) is 19.0. The predicted octanol–water partition coefficient (Wildman–Crippen LogP) is 3.20. The number of aryl methyl sites for hydroxylation is 2. The molecule has 0 aliphatic rings. The van der Waals surface area contributed by atoms with Crippen LogP contribution in [0.4, 0.5) is 0 Å². The fourth-order valence-electron chi connectivity index (χ4n) is 2.72. The molecule has 0 radical (unpaired) electrons. The van der Waals surface area contributed by atoms with Gasteiger partial charge in [-0.3, -0.25) is 9.36 Å². The molecule has 1 aromatic carbocycles. The van der Waals surface area contributed by atoms with Crippen molar-refractivity contribution in [2.75, 3.05) is 12.4 Å². The van der Waals surface area contributed by atoms with E-state index in [1.165, 1.54) is 22.9 Å². The Hall–Kier alpha value is -2.74. The SMILES string of the molecule is Cc1cc(C)cc(OCCSc2nnc(-c3ccco3)n2CCC(N)=O)c1. The number of ether oxygens (including phenoxy) is 1. The molecule has 2 heterocycles. The summed E-state index contributed by atoms with van der Waals surface area (Å²) in [4.78, 5) is 11.2. The van der Waals surface area contributed by atoms with E-state index in [1.54, 1.807) is 12.3 Å². The van der Waals surface area contributed by atoms with Crippen molar-refractivity contribution >= 4 is 17.7 Å². The highest BCUT2D eigenvalue weighted by Gasteiger charge is 2.16. The van der Waals surface area contributed by atoms with Gasteiger partial charge in [-0.2, -0.15) is 0 Å². The van der Waals surface area contributed by atoms with Crippen molar-refractivity contribution in [1.29, 1.82) is 0 Å². The van der Waals surface area contributed by atoms with Gasteiger partial charge < -0.3 is 14.9 Å². The zero-order valence-corrected chi connectivity index (χ0v) is 16.2. The van der Waals surface area contributed by atoms with E-state index in [2.05, 4.69) is 16.3 Å². The smallest absolute Gasteiger partial charge is 0.219 e. The third kappa shape index (κ3) is 5.13. The third-order valence-corrected chi connectivity index (χ3v) is 4.75. The zero-order valence-electron chi connectivity index (χ0n) is 15.3. The minimum Gasteiger partial charge on any atom is -0.493 e. The van der Waals surface area contributed by atoms with Gasteiger partial charge >= 0.3 is 0 Å². The molecule has 0 saturated carbocycles. The lowest BCUT2D eigenvalue weighted by molar-refractivity contribution is -0.118. The number of furan rings is 1. The predicted molar refractivity (Wildman–Crippen MR) is 104 cm³/mol. The maximum atomic E-state index is 11.2. The molecule has 27 heavy (non-hydrogen) atoms. The van der Waals surface area contributed by atoms with Crippen molar-refractivity contribution in [3.8, 4) is 17.3 Å². The molecule has 3 aromatic rings. The van der Waals surface area contributed by atoms with E-state index in [1.807, 2.05) is 36.6 Å². The first-order valence-corrected chi connectivity index (χ1v) is 9.61. The summed E-state index contributed by atoms with van der Waals surface area (Å²) in [6.07, 6.45) is 1.78. The van der Waals surface area contributed by atoms with Crippen LogP contribution in [-0.4, -0.2) is 33.0 Å². The molecule has 3 rings (SSSR count). The van der Waals surface area contributed by atoms with Crippen LogP contribution in [0, 0.1) is 13.8 Å². The number of thioether (sulfide) groups is 1. The van der Waals surface area contributed by atoms with Gasteiger partial charge in [0.2, 0.25) is 5.91 Å². The molecule has 2 aromatic heterocycles. The van der Waals surface area contributed by atoms with Crippen LogP contribution >= 0.6 is 11.8 Å². The fraction of sp³-hybridized carbons (Fsp3) is 0.316. The van der Waals surface area contributed by atoms with Crippen LogP contribution in [0.2, 0.25) is 0 Å². The van der Waals surface area contributed by atoms with Crippen LogP contribution < -0.4 is 10.5 Å². The number of carbonyl (C=O) groups is 1. The first-order valence-electron chi connectivity index (χ1n) is 8.62. The van der Waals surface area contributed by atoms with E-state index in [0.29, 0.717) is 35.6 Å². The van der Waals surface area contributed by atoms with Gasteiger partial charge in [-0.1, -0.05) is 17.8 Å². The van der Waals surface area contributed by atoms with E-state index in [-0.39, 0.29) is 12.3 Å². The second kappa shape index (κ2) is 8.77. The van der Waals surface area contributed by atoms with Gasteiger partial charge in [-0.15, -0.1) is 10.2 Å². The Kier molecular flexibility index (Phi) is 6.18. The van der Waals surface area contributed by atoms with Gasteiger partial charge in [0.05, 0.1) is 12.9 Å². The Morgan fingerprint density at radius 2 is 2.04 bits per heavy atom. The summed E-state index contributed by atoms with van der Waals surface area (Å²) in [7, 11) is 0. The Morgan fingerprint density at radius 1 is 1.26 bits per heavy atom. The minimum absolute atomic E-state index is 0.207. The van der Waals surface area contributed by atoms with E-state index in [9.17, 15) is 4.79 Å². The summed E-state index contributed by atoms with van der Waals surface area (Å²) in [6.45, 7) is 5.03. The number of rotatable bonds is 9. The second-order valence-electron chi connectivity index (χ2n) is 6.17. The summed E-state index contributed by atoms with van der Waals surface area (Å²) in [5.74, 6) is 2.37. The number of carbonyl (C=O) groups excluding carboxylic acids is 1. The maximum Gasteiger partial charge on any atom is 0.219 e. The fourth-order valence-corrected chi connectivity index (χ4v) is 3.50. The molecule has 0 aliphatic heterocycles. The molecule has 142 valence electrons. The Balaban J connectivity index is 1.64. The lowest BCUT2D eigenvalue weighted by Crippen LogP contribution is -2.15. The van der Waals surface area contributed by atoms with Gasteiger partial charge in [-0.05, 0) is 49.2 Å². The van der Waals surface area contributed by atoms with Gasteiger partial charge in [0.25, 0.3) is 0 Å². The van der Waals surface area contributed by atoms with Crippen molar-refractivity contribution in [2.24, 2.45) is 5.73 Å². The van der Waals surface area contributed by atoms with E-state index in [0.717, 1.165) is 5.75 Å². The average Bonchev–Trinajstić information content (AvgIpc) is 3.25. The largest absolute Gasteiger partial charge is 0.493 e. The number of nitrogens with two attached hydrogens (primary N) is 1. The van der Waals surface area contributed by atoms with Gasteiger partial charge in [0.15, 0.2) is 16.7 Å². The van der Waals surface area contributed by atoms with Gasteiger partial charge in [0.1, 0.15) is 5.75 Å². The number of benzene rings is 1. The number of aromatic nitrogens is 3. The maximum absolute atomic E-state index is 11.2. The van der Waals surface area contributed by atoms with Crippen LogP contribution in [0.1, 0.15) is 17.5 Å². The number of nitrogens with zero attached hydrogens (tertiary/aromatic N) is 3. The topological polar surface area (TPSA) is 96.2 Å². The number of amides is 1. The number of hydrogen-bond donors (Lipinski definition) is 1. The normalized spacial score (nSPS) is 10.9. The van der Waals surface area contributed by atoms with Crippen molar-refractivity contribution in [3.05, 3.63) is 47.7 Å². The highest BCUT2D eigenvalue weighted by molar-refractivity contribution is 7.99. The molecule has 0 fully saturated rings. The van der Waals surface area contributed by atoms with Crippen molar-refractivity contribution in [2.45, 2.75) is 32.0 Å². The van der Waals surface area contributed by atoms with E-state index < -0.39 is 0 Å². The zero-order chi connectivity index (χ0) is 19.2. The van der Waals surface area contributed by atoms with Crippen molar-refractivity contribution < 1.29 is 13.9 Å². The molecule has 0 saturated heterocycles. The standard InChI is InChI=1S/C19H22N4O3S/c1-13-10-14(2)12-15(11-13)25-8-9-27-19-22-21-18(16-4-3-7-26-16)23(19)6-5-17(20)24/h3-4,7,10-12H,5-6,8-9H2,1-2H3,(H2,20,24). The highest BCUT2D eigenvalue weighted by Crippen LogP contribution is 2.25. The third-order valence-electron chi connectivity index (χ3n) is 3.82. The average molecular weight is 386 g/mol. The molecule has 0 spiro atoms. The monoisotopic (exact) mass is 386 g/mol. The molecular formula is C19H22N4O3S. The molecule has 2 N–H and O–H groups in total. The van der Waals surface area contributed by atoms with Crippen LogP contribution in [0.5, 0.6) is 5.75 Å².